The van der Waals surface area contributed by atoms with Gasteiger partial charge in [-0.1, -0.05) is 12.1 Å². The zero-order valence-electron chi connectivity index (χ0n) is 21.3. The van der Waals surface area contributed by atoms with Crippen molar-refractivity contribution in [1.29, 1.82) is 0 Å². The lowest BCUT2D eigenvalue weighted by Gasteiger charge is -2.08. The Hall–Kier alpha value is -4.03. The molecule has 2 amide bonds. The number of phenols is 4. The molecule has 12 nitrogen and oxygen atoms in total. The number of nitrogens with zero attached hydrogens (tertiary/aromatic N) is 1. The van der Waals surface area contributed by atoms with E-state index in [1.165, 1.54) is 24.3 Å². The predicted molar refractivity (Wildman–Crippen MR) is 143 cm³/mol. The van der Waals surface area contributed by atoms with Crippen LogP contribution >= 0.6 is 0 Å². The fraction of sp³-hybridized carbons (Fsp3) is 0.423. The fourth-order valence-corrected chi connectivity index (χ4v) is 3.40. The molecule has 3 rings (SSSR count). The van der Waals surface area contributed by atoms with Crippen LogP contribution < -0.4 is 21.3 Å². The van der Waals surface area contributed by atoms with Crippen molar-refractivity contribution < 1.29 is 34.8 Å². The molecule has 0 atom stereocenters. The Morgan fingerprint density at radius 3 is 2.18 bits per heavy atom. The molecule has 1 aliphatic rings. The third-order valence-electron chi connectivity index (χ3n) is 5.39. The summed E-state index contributed by atoms with van der Waals surface area (Å²) in [5, 5.41) is 49.5. The van der Waals surface area contributed by atoms with E-state index in [0.29, 0.717) is 44.1 Å². The van der Waals surface area contributed by atoms with Crippen molar-refractivity contribution >= 4 is 18.2 Å². The van der Waals surface area contributed by atoms with Crippen molar-refractivity contribution in [3.8, 4) is 23.0 Å². The number of carbonyl (C=O) groups is 2. The van der Waals surface area contributed by atoms with Gasteiger partial charge in [-0.15, -0.1) is 0 Å². The lowest BCUT2D eigenvalue weighted by atomic mass is 10.1. The highest BCUT2D eigenvalue weighted by molar-refractivity contribution is 5.98. The highest BCUT2D eigenvalue weighted by atomic mass is 16.5. The van der Waals surface area contributed by atoms with Crippen molar-refractivity contribution in [2.75, 3.05) is 52.4 Å². The minimum atomic E-state index is -0.399. The van der Waals surface area contributed by atoms with Gasteiger partial charge in [-0.2, -0.15) is 0 Å². The molecule has 1 heterocycles. The molecule has 0 aromatic heterocycles. The van der Waals surface area contributed by atoms with E-state index in [2.05, 4.69) is 26.3 Å². The molecule has 38 heavy (non-hydrogen) atoms. The zero-order chi connectivity index (χ0) is 27.6. The maximum Gasteiger partial charge on any atom is 0.255 e. The molecule has 0 bridgehead atoms. The van der Waals surface area contributed by atoms with Crippen LogP contribution in [0.15, 0.2) is 41.4 Å². The van der Waals surface area contributed by atoms with Crippen molar-refractivity contribution in [1.82, 2.24) is 21.3 Å². The number of para-hydroxylation sites is 2. The summed E-state index contributed by atoms with van der Waals surface area (Å²) in [6.45, 7) is 5.68. The van der Waals surface area contributed by atoms with E-state index in [4.69, 9.17) is 4.74 Å². The second kappa shape index (κ2) is 17.4. The molecule has 0 unspecified atom stereocenters. The van der Waals surface area contributed by atoms with Gasteiger partial charge in [-0.05, 0) is 63.2 Å². The van der Waals surface area contributed by atoms with E-state index in [1.807, 2.05) is 0 Å². The van der Waals surface area contributed by atoms with Crippen LogP contribution in [0.25, 0.3) is 0 Å². The standard InChI is InChI=1S/C17H28N4O4.C9H9NO3/c22-13-20-12-11-19-8-2-1-7-18-9-4-10-21-17(25)14-5-3-6-15(23)16(14)24;11-7-3-1-2-6(8(7)12)9-10-4-5-13-9/h3,5-6,13,18-19,23-24H,1-2,4,7-12H2,(H,20,22)(H,21,25);1-3,11-12H,4-5H2. The smallest absolute Gasteiger partial charge is 0.255 e. The molecule has 0 saturated carbocycles. The SMILES string of the molecule is O=CNCCNCCCCNCCCNC(=O)c1cccc(O)c1O.Oc1cccc(C2=NCCO2)c1O. The first-order chi connectivity index (χ1) is 18.5. The van der Waals surface area contributed by atoms with Crippen LogP contribution in [0.1, 0.15) is 35.2 Å². The highest BCUT2D eigenvalue weighted by Gasteiger charge is 2.16. The van der Waals surface area contributed by atoms with Gasteiger partial charge in [0.1, 0.15) is 6.61 Å². The maximum absolute atomic E-state index is 11.9. The minimum absolute atomic E-state index is 0.0730. The predicted octanol–water partition coefficient (Wildman–Crippen LogP) is 0.798. The van der Waals surface area contributed by atoms with Gasteiger partial charge in [0.15, 0.2) is 23.0 Å². The quantitative estimate of drug-likeness (QED) is 0.0935. The Morgan fingerprint density at radius 2 is 1.50 bits per heavy atom. The Bertz CT molecular complexity index is 1050. The van der Waals surface area contributed by atoms with Crippen LogP contribution in [0, 0.1) is 0 Å². The van der Waals surface area contributed by atoms with Gasteiger partial charge >= 0.3 is 0 Å². The molecule has 0 radical (unpaired) electrons. The molecule has 0 fully saturated rings. The average Bonchev–Trinajstić information content (AvgIpc) is 3.45. The first-order valence-corrected chi connectivity index (χ1v) is 12.5. The second-order valence-corrected chi connectivity index (χ2v) is 8.27. The monoisotopic (exact) mass is 531 g/mol. The second-order valence-electron chi connectivity index (χ2n) is 8.27. The van der Waals surface area contributed by atoms with Gasteiger partial charge in [0.05, 0.1) is 17.7 Å². The van der Waals surface area contributed by atoms with Gasteiger partial charge in [0.2, 0.25) is 12.3 Å². The average molecular weight is 532 g/mol. The summed E-state index contributed by atoms with van der Waals surface area (Å²) in [5.41, 5.74) is 0.515. The summed E-state index contributed by atoms with van der Waals surface area (Å²) in [6.07, 6.45) is 3.58. The van der Waals surface area contributed by atoms with Crippen LogP contribution in [-0.4, -0.2) is 91.1 Å². The molecule has 2 aromatic rings. The summed E-state index contributed by atoms with van der Waals surface area (Å²) < 4.78 is 5.15. The van der Waals surface area contributed by atoms with Crippen molar-refractivity contribution in [2.24, 2.45) is 4.99 Å². The molecule has 0 spiro atoms. The number of carbonyl (C=O) groups excluding carboxylic acids is 2. The van der Waals surface area contributed by atoms with Gasteiger partial charge in [0.25, 0.3) is 5.91 Å². The topological polar surface area (TPSA) is 185 Å². The third kappa shape index (κ3) is 10.5. The summed E-state index contributed by atoms with van der Waals surface area (Å²) in [5.74, 6) is -1.03. The maximum atomic E-state index is 11.9. The van der Waals surface area contributed by atoms with E-state index in [1.54, 1.807) is 12.1 Å². The third-order valence-corrected chi connectivity index (χ3v) is 5.39. The lowest BCUT2D eigenvalue weighted by Crippen LogP contribution is -2.28. The number of aliphatic imine (C=N–C) groups is 1. The lowest BCUT2D eigenvalue weighted by molar-refractivity contribution is -0.109. The van der Waals surface area contributed by atoms with Crippen molar-refractivity contribution in [3.05, 3.63) is 47.5 Å². The largest absolute Gasteiger partial charge is 0.504 e. The van der Waals surface area contributed by atoms with E-state index in [9.17, 15) is 30.0 Å². The number of rotatable bonds is 15. The van der Waals surface area contributed by atoms with E-state index >= 15 is 0 Å². The molecular formula is C26H37N5O7. The molecule has 2 aromatic carbocycles. The Labute approximate surface area is 221 Å². The first kappa shape index (κ1) is 30.2. The molecule has 0 saturated heterocycles. The highest BCUT2D eigenvalue weighted by Crippen LogP contribution is 2.29. The van der Waals surface area contributed by atoms with Crippen LogP contribution in [0.4, 0.5) is 0 Å². The van der Waals surface area contributed by atoms with Gasteiger partial charge in [-0.3, -0.25) is 9.59 Å². The number of benzene rings is 2. The number of unbranched alkanes of at least 4 members (excludes halogenated alkanes) is 1. The van der Waals surface area contributed by atoms with Crippen LogP contribution in [0.3, 0.4) is 0 Å². The van der Waals surface area contributed by atoms with Gasteiger partial charge in [0, 0.05) is 19.6 Å². The van der Waals surface area contributed by atoms with Gasteiger partial charge in [-0.25, -0.2) is 4.99 Å². The summed E-state index contributed by atoms with van der Waals surface area (Å²) in [6, 6.07) is 9.00. The number of phenolic OH excluding ortho intramolecular Hbond substituents is 4. The normalized spacial score (nSPS) is 12.1. The molecule has 8 N–H and O–H groups in total. The fourth-order valence-electron chi connectivity index (χ4n) is 3.40. The summed E-state index contributed by atoms with van der Waals surface area (Å²) in [7, 11) is 0. The molecule has 1 aliphatic heterocycles. The first-order valence-electron chi connectivity index (χ1n) is 12.5. The number of nitrogens with one attached hydrogen (secondary N) is 4. The van der Waals surface area contributed by atoms with Crippen molar-refractivity contribution in [3.63, 3.8) is 0 Å². The number of aromatic hydroxyl groups is 4. The summed E-state index contributed by atoms with van der Waals surface area (Å²) >= 11 is 0. The molecule has 0 aliphatic carbocycles. The van der Waals surface area contributed by atoms with E-state index in [0.717, 1.165) is 45.4 Å². The summed E-state index contributed by atoms with van der Waals surface area (Å²) in [4.78, 5) is 26.0. The zero-order valence-corrected chi connectivity index (χ0v) is 21.3. The van der Waals surface area contributed by atoms with E-state index in [-0.39, 0.29) is 22.8 Å². The number of amides is 2. The molecule has 208 valence electrons. The Kier molecular flexibility index (Phi) is 13.9. The Morgan fingerprint density at radius 1 is 0.842 bits per heavy atom. The van der Waals surface area contributed by atoms with Crippen LogP contribution in [-0.2, 0) is 9.53 Å². The van der Waals surface area contributed by atoms with Gasteiger partial charge < -0.3 is 46.4 Å². The molecule has 12 heteroatoms. The number of ether oxygens (including phenoxy) is 1. The molecular weight excluding hydrogens is 494 g/mol. The number of hydrogen-bond acceptors (Lipinski definition) is 10. The van der Waals surface area contributed by atoms with E-state index < -0.39 is 11.7 Å². The number of hydrogen-bond donors (Lipinski definition) is 8. The minimum Gasteiger partial charge on any atom is -0.504 e. The van der Waals surface area contributed by atoms with Crippen LogP contribution in [0.5, 0.6) is 23.0 Å². The van der Waals surface area contributed by atoms with Crippen molar-refractivity contribution in [2.45, 2.75) is 19.3 Å². The Balaban J connectivity index is 0.000000323. The van der Waals surface area contributed by atoms with Crippen LogP contribution in [0.2, 0.25) is 0 Å².